The second-order valence-corrected chi connectivity index (χ2v) is 7.88. The van der Waals surface area contributed by atoms with Crippen LogP contribution in [0.25, 0.3) is 0 Å². The fraction of sp³-hybridized carbons (Fsp3) is 0.692. The van der Waals surface area contributed by atoms with Crippen molar-refractivity contribution in [2.45, 2.75) is 111 Å². The second-order valence-electron chi connectivity index (χ2n) is 7.88. The van der Waals surface area contributed by atoms with Gasteiger partial charge in [-0.3, -0.25) is 0 Å². The molecule has 0 bridgehead atoms. The molecule has 0 aromatic heterocycles. The van der Waals surface area contributed by atoms with E-state index in [4.69, 9.17) is 5.73 Å². The van der Waals surface area contributed by atoms with Gasteiger partial charge in [0.15, 0.2) is 0 Å². The number of benzene rings is 1. The Morgan fingerprint density at radius 2 is 0.963 bits per heavy atom. The van der Waals surface area contributed by atoms with Crippen LogP contribution in [-0.2, 0) is 0 Å². The Labute approximate surface area is 170 Å². The van der Waals surface area contributed by atoms with Gasteiger partial charge in [-0.25, -0.2) is 0 Å². The molecule has 0 aliphatic rings. The lowest BCUT2D eigenvalue weighted by atomic mass is 10.1. The zero-order chi connectivity index (χ0) is 20.0. The first-order valence-corrected chi connectivity index (χ1v) is 11.6. The van der Waals surface area contributed by atoms with Crippen molar-refractivity contribution >= 4 is 0 Å². The average Bonchev–Trinajstić information content (AvgIpc) is 2.68. The normalized spacial score (nSPS) is 10.8. The molecule has 0 saturated carbocycles. The molecule has 0 unspecified atom stereocenters. The Morgan fingerprint density at radius 3 is 1.37 bits per heavy atom. The third-order valence-corrected chi connectivity index (χ3v) is 4.93. The first-order chi connectivity index (χ1) is 13.2. The lowest BCUT2D eigenvalue weighted by Crippen LogP contribution is -1.97. The van der Waals surface area contributed by atoms with Gasteiger partial charge in [-0.05, 0) is 52.5 Å². The largest absolute Gasteiger partial charge is 0.330 e. The van der Waals surface area contributed by atoms with Crippen LogP contribution in [-0.4, -0.2) is 6.54 Å². The third kappa shape index (κ3) is 21.1. The van der Waals surface area contributed by atoms with Crippen molar-refractivity contribution in [2.75, 3.05) is 6.54 Å². The molecule has 0 aliphatic heterocycles. The number of rotatable bonds is 15. The molecular weight excluding hydrogens is 326 g/mol. The van der Waals surface area contributed by atoms with Crippen LogP contribution in [0.3, 0.4) is 0 Å². The minimum atomic E-state index is 0.862. The number of unbranched alkanes of at least 4 members (excludes halogenated alkanes) is 12. The maximum atomic E-state index is 5.47. The second kappa shape index (κ2) is 21.2. The van der Waals surface area contributed by atoms with E-state index in [-0.39, 0.29) is 0 Å². The minimum Gasteiger partial charge on any atom is -0.330 e. The molecule has 2 N–H and O–H groups in total. The Balaban J connectivity index is 0.000000694. The van der Waals surface area contributed by atoms with E-state index in [1.54, 1.807) is 0 Å². The molecule has 27 heavy (non-hydrogen) atoms. The van der Waals surface area contributed by atoms with Crippen molar-refractivity contribution in [3.63, 3.8) is 0 Å². The predicted molar refractivity (Wildman–Crippen MR) is 124 cm³/mol. The summed E-state index contributed by atoms with van der Waals surface area (Å²) in [6.45, 7) is 7.33. The molecule has 0 aliphatic carbocycles. The van der Waals surface area contributed by atoms with Crippen LogP contribution in [0.1, 0.15) is 108 Å². The van der Waals surface area contributed by atoms with Crippen molar-refractivity contribution < 1.29 is 0 Å². The molecule has 0 radical (unpaired) electrons. The van der Waals surface area contributed by atoms with Gasteiger partial charge in [-0.2, -0.15) is 0 Å². The van der Waals surface area contributed by atoms with Crippen LogP contribution in [0.4, 0.5) is 0 Å². The third-order valence-electron chi connectivity index (χ3n) is 4.93. The quantitative estimate of drug-likeness (QED) is 0.243. The molecule has 0 atom stereocenters. The molecule has 156 valence electrons. The lowest BCUT2D eigenvalue weighted by molar-refractivity contribution is 0.599. The summed E-state index contributed by atoms with van der Waals surface area (Å²) in [5.74, 6) is 0. The van der Waals surface area contributed by atoms with Gasteiger partial charge >= 0.3 is 0 Å². The van der Waals surface area contributed by atoms with Crippen molar-refractivity contribution in [3.8, 4) is 0 Å². The summed E-state index contributed by atoms with van der Waals surface area (Å²) in [5.41, 5.74) is 8.13. The van der Waals surface area contributed by atoms with Crippen LogP contribution >= 0.6 is 0 Å². The monoisotopic (exact) mass is 373 g/mol. The SMILES string of the molecule is CCCCCCCC/C=C\CCCCCCCCN.Cc1ccc(C)cc1. The van der Waals surface area contributed by atoms with Gasteiger partial charge in [0.25, 0.3) is 0 Å². The first kappa shape index (κ1) is 25.9. The summed E-state index contributed by atoms with van der Waals surface area (Å²) in [7, 11) is 0. The van der Waals surface area contributed by atoms with Crippen LogP contribution < -0.4 is 5.73 Å². The Kier molecular flexibility index (Phi) is 20.4. The van der Waals surface area contributed by atoms with Crippen LogP contribution in [0.15, 0.2) is 36.4 Å². The fourth-order valence-corrected chi connectivity index (χ4v) is 3.03. The van der Waals surface area contributed by atoms with Gasteiger partial charge in [0.05, 0.1) is 0 Å². The molecule has 0 saturated heterocycles. The van der Waals surface area contributed by atoms with E-state index in [0.29, 0.717) is 0 Å². The molecule has 0 fully saturated rings. The van der Waals surface area contributed by atoms with E-state index in [2.05, 4.69) is 57.2 Å². The summed E-state index contributed by atoms with van der Waals surface area (Å²) < 4.78 is 0. The standard InChI is InChI=1S/C18H37N.C8H10/c1-2-3-4-5-6-7-8-9-10-11-12-13-14-15-16-17-18-19;1-7-3-5-8(2)6-4-7/h9-10H,2-8,11-19H2,1H3;3-6H,1-2H3/b10-9-;. The first-order valence-electron chi connectivity index (χ1n) is 11.6. The van der Waals surface area contributed by atoms with Gasteiger partial charge in [0.2, 0.25) is 0 Å². The van der Waals surface area contributed by atoms with E-state index >= 15 is 0 Å². The summed E-state index contributed by atoms with van der Waals surface area (Å²) in [4.78, 5) is 0. The lowest BCUT2D eigenvalue weighted by Gasteiger charge is -1.99. The van der Waals surface area contributed by atoms with E-state index in [1.165, 1.54) is 101 Å². The highest BCUT2D eigenvalue weighted by Gasteiger charge is 1.90. The predicted octanol–water partition coefficient (Wildman–Crippen LogP) is 8.29. The summed E-state index contributed by atoms with van der Waals surface area (Å²) in [6.07, 6.45) is 23.9. The van der Waals surface area contributed by atoms with E-state index in [9.17, 15) is 0 Å². The Bertz CT molecular complexity index is 397. The Morgan fingerprint density at radius 1 is 0.593 bits per heavy atom. The van der Waals surface area contributed by atoms with E-state index < -0.39 is 0 Å². The highest BCUT2D eigenvalue weighted by molar-refractivity contribution is 5.19. The Hall–Kier alpha value is -1.08. The van der Waals surface area contributed by atoms with Crippen molar-refractivity contribution in [2.24, 2.45) is 5.73 Å². The topological polar surface area (TPSA) is 26.0 Å². The van der Waals surface area contributed by atoms with Gasteiger partial charge in [-0.1, -0.05) is 112 Å². The van der Waals surface area contributed by atoms with Crippen molar-refractivity contribution in [3.05, 3.63) is 47.5 Å². The van der Waals surface area contributed by atoms with Crippen LogP contribution in [0.2, 0.25) is 0 Å². The van der Waals surface area contributed by atoms with E-state index in [1.807, 2.05) is 0 Å². The maximum Gasteiger partial charge on any atom is -0.00773 e. The summed E-state index contributed by atoms with van der Waals surface area (Å²) >= 11 is 0. The molecule has 0 heterocycles. The van der Waals surface area contributed by atoms with Gasteiger partial charge in [0.1, 0.15) is 0 Å². The number of hydrogen-bond acceptors (Lipinski definition) is 1. The van der Waals surface area contributed by atoms with Gasteiger partial charge in [0, 0.05) is 0 Å². The average molecular weight is 374 g/mol. The van der Waals surface area contributed by atoms with Crippen molar-refractivity contribution in [1.82, 2.24) is 0 Å². The highest BCUT2D eigenvalue weighted by atomic mass is 14.5. The molecule has 0 amide bonds. The smallest absolute Gasteiger partial charge is 0.00773 e. The number of hydrogen-bond donors (Lipinski definition) is 1. The summed E-state index contributed by atoms with van der Waals surface area (Å²) in [6, 6.07) is 8.48. The fourth-order valence-electron chi connectivity index (χ4n) is 3.03. The number of allylic oxidation sites excluding steroid dienone is 2. The molecule has 1 heteroatoms. The molecule has 1 rings (SSSR count). The van der Waals surface area contributed by atoms with Crippen molar-refractivity contribution in [1.29, 1.82) is 0 Å². The molecule has 1 aromatic rings. The minimum absolute atomic E-state index is 0.862. The zero-order valence-corrected chi connectivity index (χ0v) is 18.6. The summed E-state index contributed by atoms with van der Waals surface area (Å²) in [5, 5.41) is 0. The number of nitrogens with two attached hydrogens (primary N) is 1. The highest BCUT2D eigenvalue weighted by Crippen LogP contribution is 2.09. The zero-order valence-electron chi connectivity index (χ0n) is 18.6. The maximum absolute atomic E-state index is 5.47. The van der Waals surface area contributed by atoms with E-state index in [0.717, 1.165) is 6.54 Å². The van der Waals surface area contributed by atoms with Crippen LogP contribution in [0.5, 0.6) is 0 Å². The van der Waals surface area contributed by atoms with Gasteiger partial charge < -0.3 is 5.73 Å². The number of aryl methyl sites for hydroxylation is 2. The molecular formula is C26H47N. The molecule has 0 spiro atoms. The van der Waals surface area contributed by atoms with Crippen LogP contribution in [0, 0.1) is 13.8 Å². The van der Waals surface area contributed by atoms with Gasteiger partial charge in [-0.15, -0.1) is 0 Å². The molecule has 1 aromatic carbocycles. The molecule has 1 nitrogen and oxygen atoms in total.